The molecule has 0 N–H and O–H groups in total. The number of hydrogen-bond donors (Lipinski definition) is 0. The smallest absolute Gasteiger partial charge is 0.333 e. The van der Waals surface area contributed by atoms with Crippen LogP contribution < -0.4 is 4.90 Å². The van der Waals surface area contributed by atoms with Crippen LogP contribution in [0.5, 0.6) is 0 Å². The van der Waals surface area contributed by atoms with Crippen molar-refractivity contribution in [2.45, 2.75) is 58.4 Å². The molecule has 0 unspecified atom stereocenters. The average Bonchev–Trinajstić information content (AvgIpc) is 2.98. The van der Waals surface area contributed by atoms with Crippen LogP contribution in [0.25, 0.3) is 0 Å². The molecule has 0 aromatic heterocycles. The van der Waals surface area contributed by atoms with Crippen LogP contribution in [-0.4, -0.2) is 71.4 Å². The van der Waals surface area contributed by atoms with Crippen molar-refractivity contribution in [3.05, 3.63) is 29.8 Å². The largest absolute Gasteiger partial charge is 0.342 e. The summed E-state index contributed by atoms with van der Waals surface area (Å²) in [7, 11) is 0. The highest BCUT2D eigenvalue weighted by Crippen LogP contribution is 2.28. The molecule has 0 radical (unpaired) electrons. The van der Waals surface area contributed by atoms with E-state index < -0.39 is 6.04 Å². The number of aryl methyl sites for hydroxylation is 1. The van der Waals surface area contributed by atoms with Crippen LogP contribution in [0.2, 0.25) is 0 Å². The van der Waals surface area contributed by atoms with Gasteiger partial charge in [0, 0.05) is 37.8 Å². The number of nitrogens with zero attached hydrogens (tertiary/aromatic N) is 4. The summed E-state index contributed by atoms with van der Waals surface area (Å²) in [5.41, 5.74) is 1.87. The Balaban J connectivity index is 1.33. The van der Waals surface area contributed by atoms with Gasteiger partial charge >= 0.3 is 6.03 Å². The number of benzene rings is 1. The Morgan fingerprint density at radius 1 is 0.935 bits per heavy atom. The van der Waals surface area contributed by atoms with Crippen molar-refractivity contribution in [1.82, 2.24) is 14.7 Å². The predicted octanol–water partition coefficient (Wildman–Crippen LogP) is 3.22. The topological polar surface area (TPSA) is 64.2 Å². The maximum Gasteiger partial charge on any atom is 0.333 e. The highest BCUT2D eigenvalue weighted by atomic mass is 16.2. The molecule has 1 aromatic rings. The number of piperidine rings is 1. The average molecular weight is 427 g/mol. The SMILES string of the molecule is Cc1ccc(N2C(=O)N(CN3CCC(C(=O)N4CCCCCC4)CC3)C(=O)[C@H]2C)cc1. The molecule has 1 atom stereocenters. The van der Waals surface area contributed by atoms with E-state index in [1.165, 1.54) is 17.7 Å². The molecule has 4 amide bonds. The molecule has 31 heavy (non-hydrogen) atoms. The molecule has 3 aliphatic heterocycles. The van der Waals surface area contributed by atoms with Crippen molar-refractivity contribution in [3.8, 4) is 0 Å². The normalized spacial score (nSPS) is 24.1. The van der Waals surface area contributed by atoms with Gasteiger partial charge in [0.2, 0.25) is 5.91 Å². The van der Waals surface area contributed by atoms with Crippen LogP contribution in [-0.2, 0) is 9.59 Å². The van der Waals surface area contributed by atoms with Crippen LogP contribution in [0.4, 0.5) is 10.5 Å². The minimum Gasteiger partial charge on any atom is -0.342 e. The number of carbonyl (C=O) groups is 3. The van der Waals surface area contributed by atoms with E-state index in [-0.39, 0.29) is 17.9 Å². The van der Waals surface area contributed by atoms with Gasteiger partial charge in [0.1, 0.15) is 6.04 Å². The number of imide groups is 1. The molecular weight excluding hydrogens is 392 g/mol. The lowest BCUT2D eigenvalue weighted by atomic mass is 9.95. The molecule has 3 saturated heterocycles. The second-order valence-electron chi connectivity index (χ2n) is 9.20. The van der Waals surface area contributed by atoms with E-state index in [9.17, 15) is 14.4 Å². The van der Waals surface area contributed by atoms with Gasteiger partial charge in [-0.05, 0) is 51.7 Å². The van der Waals surface area contributed by atoms with Gasteiger partial charge < -0.3 is 4.90 Å². The van der Waals surface area contributed by atoms with E-state index in [2.05, 4.69) is 9.80 Å². The Kier molecular flexibility index (Phi) is 6.60. The molecule has 3 heterocycles. The number of anilines is 1. The van der Waals surface area contributed by atoms with Gasteiger partial charge in [0.05, 0.1) is 6.67 Å². The van der Waals surface area contributed by atoms with Gasteiger partial charge in [-0.1, -0.05) is 30.5 Å². The first-order valence-electron chi connectivity index (χ1n) is 11.7. The van der Waals surface area contributed by atoms with E-state index in [0.717, 1.165) is 63.1 Å². The summed E-state index contributed by atoms with van der Waals surface area (Å²) in [6, 6.07) is 6.92. The lowest BCUT2D eigenvalue weighted by Crippen LogP contribution is -2.47. The van der Waals surface area contributed by atoms with Gasteiger partial charge in [-0.25, -0.2) is 9.69 Å². The number of carbonyl (C=O) groups excluding carboxylic acids is 3. The molecular formula is C24H34N4O3. The van der Waals surface area contributed by atoms with E-state index in [1.807, 2.05) is 31.2 Å². The minimum absolute atomic E-state index is 0.0716. The summed E-state index contributed by atoms with van der Waals surface area (Å²) in [5.74, 6) is 0.213. The third-order valence-electron chi connectivity index (χ3n) is 6.96. The lowest BCUT2D eigenvalue weighted by Gasteiger charge is -2.35. The monoisotopic (exact) mass is 426 g/mol. The van der Waals surface area contributed by atoms with Crippen molar-refractivity contribution >= 4 is 23.5 Å². The first kappa shape index (κ1) is 21.8. The lowest BCUT2D eigenvalue weighted by molar-refractivity contribution is -0.137. The van der Waals surface area contributed by atoms with Crippen molar-refractivity contribution < 1.29 is 14.4 Å². The van der Waals surface area contributed by atoms with Crippen LogP contribution in [0.1, 0.15) is 51.0 Å². The Labute approximate surface area is 185 Å². The van der Waals surface area contributed by atoms with Gasteiger partial charge in [0.25, 0.3) is 5.91 Å². The van der Waals surface area contributed by atoms with Crippen molar-refractivity contribution in [2.24, 2.45) is 5.92 Å². The number of urea groups is 1. The van der Waals surface area contributed by atoms with E-state index in [1.54, 1.807) is 11.8 Å². The van der Waals surface area contributed by atoms with Crippen LogP contribution in [0.3, 0.4) is 0 Å². The number of amides is 4. The molecule has 7 nitrogen and oxygen atoms in total. The quantitative estimate of drug-likeness (QED) is 0.694. The molecule has 3 fully saturated rings. The number of rotatable bonds is 4. The van der Waals surface area contributed by atoms with E-state index in [4.69, 9.17) is 0 Å². The van der Waals surface area contributed by atoms with Gasteiger partial charge in [0.15, 0.2) is 0 Å². The molecule has 168 valence electrons. The van der Waals surface area contributed by atoms with Gasteiger partial charge in [-0.2, -0.15) is 0 Å². The molecule has 4 rings (SSSR count). The van der Waals surface area contributed by atoms with E-state index >= 15 is 0 Å². The zero-order valence-corrected chi connectivity index (χ0v) is 18.8. The number of likely N-dealkylation sites (tertiary alicyclic amines) is 2. The first-order valence-corrected chi connectivity index (χ1v) is 11.7. The molecule has 1 aromatic carbocycles. The maximum absolute atomic E-state index is 13.0. The molecule has 0 spiro atoms. The Hall–Kier alpha value is -2.41. The summed E-state index contributed by atoms with van der Waals surface area (Å²) in [5, 5.41) is 0. The highest BCUT2D eigenvalue weighted by molar-refractivity contribution is 6.14. The molecule has 7 heteroatoms. The minimum atomic E-state index is -0.502. The zero-order chi connectivity index (χ0) is 22.0. The summed E-state index contributed by atoms with van der Waals surface area (Å²) in [4.78, 5) is 45.9. The standard InChI is InChI=1S/C24H34N4O3/c1-18-7-9-21(10-8-18)28-19(2)22(29)27(24(28)31)17-25-15-11-20(12-16-25)23(30)26-13-5-3-4-6-14-26/h7-10,19-20H,3-6,11-17H2,1-2H3/t19-/m1/s1. The number of hydrogen-bond acceptors (Lipinski definition) is 4. The fraction of sp³-hybridized carbons (Fsp3) is 0.625. The van der Waals surface area contributed by atoms with Gasteiger partial charge in [-0.3, -0.25) is 19.4 Å². The zero-order valence-electron chi connectivity index (χ0n) is 18.8. The van der Waals surface area contributed by atoms with Crippen molar-refractivity contribution in [1.29, 1.82) is 0 Å². The molecule has 3 aliphatic rings. The molecule has 0 aliphatic carbocycles. The second kappa shape index (κ2) is 9.39. The second-order valence-corrected chi connectivity index (χ2v) is 9.20. The van der Waals surface area contributed by atoms with E-state index in [0.29, 0.717) is 12.6 Å². The highest BCUT2D eigenvalue weighted by Gasteiger charge is 2.44. The maximum atomic E-state index is 13.0. The molecule has 0 saturated carbocycles. The third kappa shape index (κ3) is 4.61. The van der Waals surface area contributed by atoms with Crippen LogP contribution in [0.15, 0.2) is 24.3 Å². The van der Waals surface area contributed by atoms with Crippen LogP contribution in [0, 0.1) is 12.8 Å². The third-order valence-corrected chi connectivity index (χ3v) is 6.96. The van der Waals surface area contributed by atoms with Crippen molar-refractivity contribution in [3.63, 3.8) is 0 Å². The fourth-order valence-corrected chi connectivity index (χ4v) is 4.97. The Bertz CT molecular complexity index is 809. The Morgan fingerprint density at radius 3 is 2.16 bits per heavy atom. The predicted molar refractivity (Wildman–Crippen MR) is 120 cm³/mol. The van der Waals surface area contributed by atoms with Gasteiger partial charge in [-0.15, -0.1) is 0 Å². The summed E-state index contributed by atoms with van der Waals surface area (Å²) in [6.07, 6.45) is 6.25. The first-order chi connectivity index (χ1) is 15.0. The van der Waals surface area contributed by atoms with Crippen LogP contribution >= 0.6 is 0 Å². The Morgan fingerprint density at radius 2 is 1.55 bits per heavy atom. The summed E-state index contributed by atoms with van der Waals surface area (Å²) >= 11 is 0. The fourth-order valence-electron chi connectivity index (χ4n) is 4.97. The summed E-state index contributed by atoms with van der Waals surface area (Å²) < 4.78 is 0. The summed E-state index contributed by atoms with van der Waals surface area (Å²) in [6.45, 7) is 7.34. The van der Waals surface area contributed by atoms with Crippen molar-refractivity contribution in [2.75, 3.05) is 37.7 Å². The molecule has 0 bridgehead atoms.